The van der Waals surface area contributed by atoms with Crippen molar-refractivity contribution in [3.8, 4) is 0 Å². The first-order valence-corrected chi connectivity index (χ1v) is 6.61. The van der Waals surface area contributed by atoms with E-state index in [0.717, 1.165) is 12.8 Å². The Morgan fingerprint density at radius 1 is 1.30 bits per heavy atom. The fraction of sp³-hybridized carbons (Fsp3) is 0.538. The van der Waals surface area contributed by atoms with Gasteiger partial charge in [0.25, 0.3) is 5.69 Å². The number of nitrogens with zero attached hydrogens (tertiary/aromatic N) is 1. The summed E-state index contributed by atoms with van der Waals surface area (Å²) in [6, 6.07) is 4.51. The van der Waals surface area contributed by atoms with Crippen molar-refractivity contribution in [1.29, 1.82) is 0 Å². The molecule has 0 aromatic heterocycles. The van der Waals surface area contributed by atoms with E-state index in [-0.39, 0.29) is 17.7 Å². The summed E-state index contributed by atoms with van der Waals surface area (Å²) in [7, 11) is 0. The van der Waals surface area contributed by atoms with E-state index in [2.05, 4.69) is 10.7 Å². The molecule has 7 heteroatoms. The number of non-ortho nitro benzene ring substituents is 1. The molecular weight excluding hydrogens is 260 g/mol. The van der Waals surface area contributed by atoms with Gasteiger partial charge in [0.05, 0.1) is 17.2 Å². The summed E-state index contributed by atoms with van der Waals surface area (Å²) in [4.78, 5) is 10.4. The number of anilines is 2. The summed E-state index contributed by atoms with van der Waals surface area (Å²) in [5.74, 6) is 5.31. The Morgan fingerprint density at radius 3 is 2.35 bits per heavy atom. The number of aliphatic hydroxyl groups excluding tert-OH is 1. The third-order valence-corrected chi connectivity index (χ3v) is 3.80. The second kappa shape index (κ2) is 7.06. The summed E-state index contributed by atoms with van der Waals surface area (Å²) in [5, 5.41) is 23.5. The Balaban J connectivity index is 2.91. The molecule has 0 bridgehead atoms. The molecule has 1 aromatic carbocycles. The Hall–Kier alpha value is -1.86. The van der Waals surface area contributed by atoms with Crippen molar-refractivity contribution in [1.82, 2.24) is 0 Å². The first-order chi connectivity index (χ1) is 9.50. The highest BCUT2D eigenvalue weighted by atomic mass is 16.6. The summed E-state index contributed by atoms with van der Waals surface area (Å²) < 4.78 is 0. The SMILES string of the molecule is CCC(CC)(CO)CNc1cc(NN)cc([N+](=O)[O-])c1. The molecule has 0 aliphatic heterocycles. The van der Waals surface area contributed by atoms with Crippen molar-refractivity contribution in [3.63, 3.8) is 0 Å². The molecule has 1 aromatic rings. The van der Waals surface area contributed by atoms with Crippen molar-refractivity contribution < 1.29 is 10.0 Å². The smallest absolute Gasteiger partial charge is 0.273 e. The molecule has 0 heterocycles. The number of nitro groups is 1. The van der Waals surface area contributed by atoms with Gasteiger partial charge in [0, 0.05) is 29.8 Å². The van der Waals surface area contributed by atoms with Crippen LogP contribution in [0.3, 0.4) is 0 Å². The van der Waals surface area contributed by atoms with E-state index >= 15 is 0 Å². The van der Waals surface area contributed by atoms with Crippen LogP contribution in [0.2, 0.25) is 0 Å². The van der Waals surface area contributed by atoms with Gasteiger partial charge >= 0.3 is 0 Å². The van der Waals surface area contributed by atoms with Gasteiger partial charge in [-0.1, -0.05) is 13.8 Å². The Morgan fingerprint density at radius 2 is 1.90 bits per heavy atom. The van der Waals surface area contributed by atoms with Crippen LogP contribution in [0.25, 0.3) is 0 Å². The largest absolute Gasteiger partial charge is 0.396 e. The zero-order chi connectivity index (χ0) is 15.2. The maximum Gasteiger partial charge on any atom is 0.273 e. The third-order valence-electron chi connectivity index (χ3n) is 3.80. The van der Waals surface area contributed by atoms with E-state index in [1.54, 1.807) is 6.07 Å². The molecule has 0 radical (unpaired) electrons. The number of hydrogen-bond donors (Lipinski definition) is 4. The molecule has 0 spiro atoms. The molecule has 0 amide bonds. The predicted molar refractivity (Wildman–Crippen MR) is 79.5 cm³/mol. The predicted octanol–water partition coefficient (Wildman–Crippen LogP) is 2.09. The number of nitrogens with one attached hydrogen (secondary N) is 2. The van der Waals surface area contributed by atoms with Gasteiger partial charge in [-0.15, -0.1) is 0 Å². The van der Waals surface area contributed by atoms with Crippen LogP contribution in [-0.4, -0.2) is 23.2 Å². The second-order valence-corrected chi connectivity index (χ2v) is 4.89. The van der Waals surface area contributed by atoms with Crippen LogP contribution in [0.15, 0.2) is 18.2 Å². The molecule has 5 N–H and O–H groups in total. The molecule has 1 rings (SSSR count). The van der Waals surface area contributed by atoms with Gasteiger partial charge in [0.1, 0.15) is 0 Å². The molecular formula is C13H22N4O3. The van der Waals surface area contributed by atoms with E-state index in [0.29, 0.717) is 17.9 Å². The normalized spacial score (nSPS) is 11.2. The highest BCUT2D eigenvalue weighted by Crippen LogP contribution is 2.28. The molecule has 0 aliphatic carbocycles. The number of nitrogens with two attached hydrogens (primary N) is 1. The van der Waals surface area contributed by atoms with Crippen LogP contribution < -0.4 is 16.6 Å². The molecule has 0 atom stereocenters. The number of rotatable bonds is 8. The van der Waals surface area contributed by atoms with E-state index in [9.17, 15) is 15.2 Å². The minimum atomic E-state index is -0.467. The van der Waals surface area contributed by atoms with Crippen molar-refractivity contribution in [2.75, 3.05) is 23.9 Å². The van der Waals surface area contributed by atoms with Crippen LogP contribution in [0, 0.1) is 15.5 Å². The third kappa shape index (κ3) is 3.82. The maximum absolute atomic E-state index is 10.9. The molecule has 20 heavy (non-hydrogen) atoms. The average molecular weight is 282 g/mol. The Labute approximate surface area is 118 Å². The van der Waals surface area contributed by atoms with Crippen LogP contribution in [0.5, 0.6) is 0 Å². The lowest BCUT2D eigenvalue weighted by Gasteiger charge is -2.30. The van der Waals surface area contributed by atoms with Gasteiger partial charge < -0.3 is 15.8 Å². The molecule has 0 fully saturated rings. The van der Waals surface area contributed by atoms with Gasteiger partial charge in [-0.05, 0) is 18.9 Å². The van der Waals surface area contributed by atoms with Crippen molar-refractivity contribution in [2.45, 2.75) is 26.7 Å². The molecule has 7 nitrogen and oxygen atoms in total. The van der Waals surface area contributed by atoms with Crippen molar-refractivity contribution >= 4 is 17.1 Å². The molecule has 0 aliphatic rings. The van der Waals surface area contributed by atoms with E-state index in [1.807, 2.05) is 13.8 Å². The highest BCUT2D eigenvalue weighted by molar-refractivity contribution is 5.63. The minimum absolute atomic E-state index is 0.0365. The van der Waals surface area contributed by atoms with Crippen LogP contribution in [0.1, 0.15) is 26.7 Å². The Kier molecular flexibility index (Phi) is 5.72. The minimum Gasteiger partial charge on any atom is -0.396 e. The monoisotopic (exact) mass is 282 g/mol. The van der Waals surface area contributed by atoms with Gasteiger partial charge in [0.2, 0.25) is 0 Å². The van der Waals surface area contributed by atoms with Crippen molar-refractivity contribution in [3.05, 3.63) is 28.3 Å². The topological polar surface area (TPSA) is 113 Å². The van der Waals surface area contributed by atoms with Crippen LogP contribution in [0.4, 0.5) is 17.1 Å². The molecule has 0 unspecified atom stereocenters. The van der Waals surface area contributed by atoms with E-state index < -0.39 is 4.92 Å². The lowest BCUT2D eigenvalue weighted by atomic mass is 9.83. The summed E-state index contributed by atoms with van der Waals surface area (Å²) in [6.07, 6.45) is 1.65. The zero-order valence-electron chi connectivity index (χ0n) is 11.8. The number of nitrogen functional groups attached to an aromatic ring is 1. The standard InChI is InChI=1S/C13H22N4O3/c1-3-13(4-2,9-18)8-15-10-5-11(16-14)7-12(6-10)17(19)20/h5-7,15-16,18H,3-4,8-9,14H2,1-2H3. The van der Waals surface area contributed by atoms with E-state index in [1.165, 1.54) is 12.1 Å². The fourth-order valence-corrected chi connectivity index (χ4v) is 1.97. The Bertz CT molecular complexity index is 453. The first kappa shape index (κ1) is 16.2. The fourth-order valence-electron chi connectivity index (χ4n) is 1.97. The number of hydrazine groups is 1. The number of hydrogen-bond acceptors (Lipinski definition) is 6. The van der Waals surface area contributed by atoms with Crippen LogP contribution in [-0.2, 0) is 0 Å². The molecule has 0 saturated heterocycles. The maximum atomic E-state index is 10.9. The summed E-state index contributed by atoms with van der Waals surface area (Å²) in [6.45, 7) is 4.65. The van der Waals surface area contributed by atoms with Gasteiger partial charge in [-0.2, -0.15) is 0 Å². The highest BCUT2D eigenvalue weighted by Gasteiger charge is 2.25. The number of benzene rings is 1. The van der Waals surface area contributed by atoms with Gasteiger partial charge in [-0.3, -0.25) is 16.0 Å². The van der Waals surface area contributed by atoms with E-state index in [4.69, 9.17) is 5.84 Å². The van der Waals surface area contributed by atoms with Crippen LogP contribution >= 0.6 is 0 Å². The number of nitro benzene ring substituents is 1. The second-order valence-electron chi connectivity index (χ2n) is 4.89. The van der Waals surface area contributed by atoms with Crippen molar-refractivity contribution in [2.24, 2.45) is 11.3 Å². The zero-order valence-corrected chi connectivity index (χ0v) is 11.8. The lowest BCUT2D eigenvalue weighted by Crippen LogP contribution is -2.32. The van der Waals surface area contributed by atoms with Gasteiger partial charge in [0.15, 0.2) is 0 Å². The summed E-state index contributed by atoms with van der Waals surface area (Å²) >= 11 is 0. The summed E-state index contributed by atoms with van der Waals surface area (Å²) in [5.41, 5.74) is 3.22. The average Bonchev–Trinajstić information content (AvgIpc) is 2.48. The number of aliphatic hydroxyl groups is 1. The quantitative estimate of drug-likeness (QED) is 0.330. The molecule has 112 valence electrons. The first-order valence-electron chi connectivity index (χ1n) is 6.61. The molecule has 0 saturated carbocycles. The lowest BCUT2D eigenvalue weighted by molar-refractivity contribution is -0.384. The van der Waals surface area contributed by atoms with Gasteiger partial charge in [-0.25, -0.2) is 0 Å².